The highest BCUT2D eigenvalue weighted by Gasteiger charge is 2.21. The first kappa shape index (κ1) is 19.6. The molecule has 3 aromatic rings. The highest BCUT2D eigenvalue weighted by Crippen LogP contribution is 2.24. The lowest BCUT2D eigenvalue weighted by molar-refractivity contribution is 0.0934. The molecule has 0 aliphatic carbocycles. The molecule has 3 aromatic heterocycles. The van der Waals surface area contributed by atoms with Crippen molar-refractivity contribution in [2.24, 2.45) is 0 Å². The molecule has 4 heterocycles. The summed E-state index contributed by atoms with van der Waals surface area (Å²) in [5.41, 5.74) is 2.39. The van der Waals surface area contributed by atoms with Crippen LogP contribution in [0.2, 0.25) is 0 Å². The first-order valence-corrected chi connectivity index (χ1v) is 11.5. The molecule has 1 aliphatic rings. The molecule has 0 amide bonds. The van der Waals surface area contributed by atoms with Crippen molar-refractivity contribution >= 4 is 23.1 Å². The molecule has 4 rings (SSSR count). The van der Waals surface area contributed by atoms with Crippen molar-refractivity contribution in [3.05, 3.63) is 58.3 Å². The molecule has 28 heavy (non-hydrogen) atoms. The van der Waals surface area contributed by atoms with Gasteiger partial charge in [-0.2, -0.15) is 11.3 Å². The Morgan fingerprint density at radius 1 is 1.29 bits per heavy atom. The normalized spacial score (nSPS) is 16.9. The maximum absolute atomic E-state index is 5.88. The van der Waals surface area contributed by atoms with E-state index in [9.17, 15) is 0 Å². The third kappa shape index (κ3) is 5.20. The Kier molecular flexibility index (Phi) is 6.74. The minimum absolute atomic E-state index is 0.256. The van der Waals surface area contributed by atoms with Crippen molar-refractivity contribution in [2.75, 3.05) is 13.7 Å². The summed E-state index contributed by atoms with van der Waals surface area (Å²) in [4.78, 5) is 6.70. The maximum atomic E-state index is 5.88. The van der Waals surface area contributed by atoms with Crippen LogP contribution in [-0.2, 0) is 30.1 Å². The highest BCUT2D eigenvalue weighted by molar-refractivity contribution is 7.98. The number of hydrogen-bond acceptors (Lipinski definition) is 7. The quantitative estimate of drug-likeness (QED) is 0.495. The average molecular weight is 416 g/mol. The lowest BCUT2D eigenvalue weighted by Crippen LogP contribution is -2.23. The Morgan fingerprint density at radius 2 is 2.25 bits per heavy atom. The van der Waals surface area contributed by atoms with Crippen molar-refractivity contribution in [3.63, 3.8) is 0 Å². The topological polar surface area (TPSA) is 56.1 Å². The van der Waals surface area contributed by atoms with Gasteiger partial charge in [0.2, 0.25) is 0 Å². The fourth-order valence-electron chi connectivity index (χ4n) is 3.33. The first-order chi connectivity index (χ1) is 13.8. The molecule has 1 saturated heterocycles. The molecule has 1 atom stereocenters. The second-order valence-electron chi connectivity index (χ2n) is 7.06. The minimum atomic E-state index is 0.256. The third-order valence-electron chi connectivity index (χ3n) is 4.72. The van der Waals surface area contributed by atoms with Crippen LogP contribution in [0.5, 0.6) is 0 Å². The summed E-state index contributed by atoms with van der Waals surface area (Å²) < 4.78 is 8.12. The van der Waals surface area contributed by atoms with Crippen molar-refractivity contribution in [2.45, 2.75) is 49.5 Å². The van der Waals surface area contributed by atoms with E-state index in [-0.39, 0.29) is 6.10 Å². The van der Waals surface area contributed by atoms with E-state index in [0.717, 1.165) is 61.5 Å². The molecule has 1 fully saturated rings. The number of aromatic nitrogens is 4. The molecule has 0 unspecified atom stereocenters. The van der Waals surface area contributed by atoms with Crippen LogP contribution < -0.4 is 0 Å². The molecule has 0 saturated carbocycles. The molecule has 0 spiro atoms. The lowest BCUT2D eigenvalue weighted by atomic mass is 10.2. The van der Waals surface area contributed by atoms with Gasteiger partial charge in [-0.25, -0.2) is 0 Å². The van der Waals surface area contributed by atoms with Crippen LogP contribution in [0.1, 0.15) is 29.9 Å². The van der Waals surface area contributed by atoms with E-state index < -0.39 is 0 Å². The average Bonchev–Trinajstić information content (AvgIpc) is 3.46. The Hall–Kier alpha value is -1.74. The van der Waals surface area contributed by atoms with Crippen LogP contribution >= 0.6 is 23.1 Å². The largest absolute Gasteiger partial charge is 0.376 e. The third-order valence-corrected chi connectivity index (χ3v) is 6.46. The van der Waals surface area contributed by atoms with Crippen LogP contribution in [0.3, 0.4) is 0 Å². The Bertz CT molecular complexity index is 847. The monoisotopic (exact) mass is 415 g/mol. The van der Waals surface area contributed by atoms with Gasteiger partial charge < -0.3 is 9.30 Å². The fourth-order valence-corrected chi connectivity index (χ4v) is 4.87. The van der Waals surface area contributed by atoms with Crippen molar-refractivity contribution in [1.29, 1.82) is 0 Å². The number of ether oxygens (including phenoxy) is 1. The molecule has 8 heteroatoms. The van der Waals surface area contributed by atoms with E-state index in [1.54, 1.807) is 23.1 Å². The SMILES string of the molecule is CN(Cc1ccsc1)Cc1nnc(SCc2ccccn2)n1C[C@H]1CCCO1. The molecule has 0 bridgehead atoms. The summed E-state index contributed by atoms with van der Waals surface area (Å²) in [6.07, 6.45) is 4.33. The van der Waals surface area contributed by atoms with E-state index in [1.807, 2.05) is 24.4 Å². The Balaban J connectivity index is 1.47. The van der Waals surface area contributed by atoms with E-state index >= 15 is 0 Å². The Morgan fingerprint density at radius 3 is 3.00 bits per heavy atom. The number of hydrogen-bond donors (Lipinski definition) is 0. The van der Waals surface area contributed by atoms with Gasteiger partial charge in [-0.1, -0.05) is 17.8 Å². The summed E-state index contributed by atoms with van der Waals surface area (Å²) >= 11 is 3.43. The smallest absolute Gasteiger partial charge is 0.191 e. The standard InChI is InChI=1S/C20H25N5OS2/c1-24(11-16-7-10-27-14-16)13-19-22-23-20(25(19)12-18-6-4-9-26-18)28-15-17-5-2-3-8-21-17/h2-3,5,7-8,10,14,18H,4,6,9,11-13,15H2,1H3/t18-/m1/s1. The zero-order chi connectivity index (χ0) is 19.2. The first-order valence-electron chi connectivity index (χ1n) is 9.54. The van der Waals surface area contributed by atoms with Crippen LogP contribution in [-0.4, -0.2) is 44.4 Å². The summed E-state index contributed by atoms with van der Waals surface area (Å²) in [5, 5.41) is 14.3. The van der Waals surface area contributed by atoms with Gasteiger partial charge in [0.05, 0.1) is 24.9 Å². The van der Waals surface area contributed by atoms with Gasteiger partial charge in [-0.05, 0) is 54.4 Å². The highest BCUT2D eigenvalue weighted by atomic mass is 32.2. The summed E-state index contributed by atoms with van der Waals surface area (Å²) in [6.45, 7) is 3.35. The van der Waals surface area contributed by atoms with Gasteiger partial charge in [0, 0.05) is 25.1 Å². The summed E-state index contributed by atoms with van der Waals surface area (Å²) in [5.74, 6) is 1.78. The molecule has 0 aromatic carbocycles. The molecule has 148 valence electrons. The molecule has 1 aliphatic heterocycles. The van der Waals surface area contributed by atoms with Crippen molar-refractivity contribution < 1.29 is 4.74 Å². The van der Waals surface area contributed by atoms with E-state index in [0.29, 0.717) is 0 Å². The zero-order valence-corrected chi connectivity index (χ0v) is 17.7. The van der Waals surface area contributed by atoms with E-state index in [4.69, 9.17) is 4.74 Å². The second kappa shape index (κ2) is 9.65. The van der Waals surface area contributed by atoms with Gasteiger partial charge in [0.15, 0.2) is 5.16 Å². The number of thioether (sulfide) groups is 1. The van der Waals surface area contributed by atoms with Gasteiger partial charge in [-0.3, -0.25) is 9.88 Å². The molecular weight excluding hydrogens is 390 g/mol. The van der Waals surface area contributed by atoms with E-state index in [2.05, 4.69) is 48.5 Å². The predicted octanol–water partition coefficient (Wildman–Crippen LogP) is 3.84. The number of thiophene rings is 1. The van der Waals surface area contributed by atoms with Gasteiger partial charge >= 0.3 is 0 Å². The van der Waals surface area contributed by atoms with Crippen LogP contribution in [0, 0.1) is 0 Å². The molecule has 6 nitrogen and oxygen atoms in total. The van der Waals surface area contributed by atoms with Gasteiger partial charge in [0.25, 0.3) is 0 Å². The second-order valence-corrected chi connectivity index (χ2v) is 8.78. The zero-order valence-electron chi connectivity index (χ0n) is 16.0. The van der Waals surface area contributed by atoms with Crippen LogP contribution in [0.25, 0.3) is 0 Å². The maximum Gasteiger partial charge on any atom is 0.191 e. The predicted molar refractivity (Wildman–Crippen MR) is 112 cm³/mol. The Labute approximate surface area is 174 Å². The van der Waals surface area contributed by atoms with Gasteiger partial charge in [-0.15, -0.1) is 10.2 Å². The van der Waals surface area contributed by atoms with Gasteiger partial charge in [0.1, 0.15) is 5.82 Å². The minimum Gasteiger partial charge on any atom is -0.376 e. The van der Waals surface area contributed by atoms with Crippen molar-refractivity contribution in [1.82, 2.24) is 24.6 Å². The fraction of sp³-hybridized carbons (Fsp3) is 0.450. The van der Waals surface area contributed by atoms with E-state index in [1.165, 1.54) is 5.56 Å². The lowest BCUT2D eigenvalue weighted by Gasteiger charge is -2.18. The van der Waals surface area contributed by atoms with Crippen molar-refractivity contribution in [3.8, 4) is 0 Å². The molecular formula is C20H25N5OS2. The number of pyridine rings is 1. The van der Waals surface area contributed by atoms with Crippen LogP contribution in [0.4, 0.5) is 0 Å². The molecule has 0 N–H and O–H groups in total. The van der Waals surface area contributed by atoms with Crippen LogP contribution in [0.15, 0.2) is 46.4 Å². The number of nitrogens with zero attached hydrogens (tertiary/aromatic N) is 5. The summed E-state index contributed by atoms with van der Waals surface area (Å²) in [7, 11) is 2.13. The summed E-state index contributed by atoms with van der Waals surface area (Å²) in [6, 6.07) is 8.18. The number of rotatable bonds is 9. The molecule has 0 radical (unpaired) electrons.